The van der Waals surface area contributed by atoms with Crippen LogP contribution in [-0.4, -0.2) is 33.7 Å². The van der Waals surface area contributed by atoms with Crippen molar-refractivity contribution in [2.45, 2.75) is 0 Å². The van der Waals surface area contributed by atoms with Gasteiger partial charge in [-0.25, -0.2) is 0 Å². The van der Waals surface area contributed by atoms with Gasteiger partial charge in [0.25, 0.3) is 0 Å². The molecule has 2 unspecified atom stereocenters. The lowest BCUT2D eigenvalue weighted by Gasteiger charge is -2.18. The van der Waals surface area contributed by atoms with Crippen molar-refractivity contribution in [3.05, 3.63) is 12.2 Å². The summed E-state index contributed by atoms with van der Waals surface area (Å²) in [6.07, 6.45) is 0. The normalized spacial score (nSPS) is 12.6. The quantitative estimate of drug-likeness (QED) is 0.315. The molecular formula is C8H18N2O4S2. The molecule has 8 N–H and O–H groups in total. The van der Waals surface area contributed by atoms with E-state index in [9.17, 15) is 9.59 Å². The molecule has 0 bridgehead atoms. The third-order valence-corrected chi connectivity index (χ3v) is 2.59. The van der Waals surface area contributed by atoms with Crippen LogP contribution in [0, 0.1) is 11.8 Å². The fraction of sp³-hybridized carbons (Fsp3) is 0.500. The van der Waals surface area contributed by atoms with Crippen LogP contribution in [0.15, 0.2) is 12.2 Å². The molecule has 0 radical (unpaired) electrons. The second kappa shape index (κ2) is 9.52. The lowest BCUT2D eigenvalue weighted by Crippen LogP contribution is -2.27. The molecule has 0 aliphatic rings. The third-order valence-electron chi connectivity index (χ3n) is 1.86. The van der Waals surface area contributed by atoms with E-state index in [1.807, 2.05) is 0 Å². The molecule has 0 spiro atoms. The maximum Gasteiger partial charge on any atom is 0.311 e. The largest absolute Gasteiger partial charge is 0.481 e. The molecule has 0 aliphatic heterocycles. The summed E-state index contributed by atoms with van der Waals surface area (Å²) >= 11 is 7.67. The van der Waals surface area contributed by atoms with Crippen LogP contribution < -0.4 is 12.3 Å². The van der Waals surface area contributed by atoms with Crippen molar-refractivity contribution in [2.75, 3.05) is 11.5 Å². The molecular weight excluding hydrogens is 252 g/mol. The molecule has 0 aromatic rings. The van der Waals surface area contributed by atoms with Crippen LogP contribution in [0.3, 0.4) is 0 Å². The zero-order valence-corrected chi connectivity index (χ0v) is 10.6. The van der Waals surface area contributed by atoms with E-state index < -0.39 is 23.8 Å². The van der Waals surface area contributed by atoms with Gasteiger partial charge in [-0.1, -0.05) is 6.58 Å². The van der Waals surface area contributed by atoms with E-state index in [-0.39, 0.29) is 29.4 Å². The number of carboxylic acids is 2. The van der Waals surface area contributed by atoms with Gasteiger partial charge in [-0.2, -0.15) is 25.3 Å². The van der Waals surface area contributed by atoms with Gasteiger partial charge in [0.15, 0.2) is 0 Å². The summed E-state index contributed by atoms with van der Waals surface area (Å²) in [6, 6.07) is 0. The SMILES string of the molecule is C=C(C(CS)C(=O)O)C(CS)C(=O)O.N.N. The van der Waals surface area contributed by atoms with E-state index in [1.165, 1.54) is 0 Å². The predicted molar refractivity (Wildman–Crippen MR) is 69.1 cm³/mol. The summed E-state index contributed by atoms with van der Waals surface area (Å²) in [6.45, 7) is 3.48. The van der Waals surface area contributed by atoms with Crippen LogP contribution in [0.4, 0.5) is 0 Å². The highest BCUT2D eigenvalue weighted by atomic mass is 32.1. The van der Waals surface area contributed by atoms with Gasteiger partial charge in [-0.05, 0) is 5.57 Å². The molecule has 0 aromatic carbocycles. The second-order valence-electron chi connectivity index (χ2n) is 2.72. The number of carbonyl (C=O) groups is 2. The lowest BCUT2D eigenvalue weighted by molar-refractivity contribution is -0.141. The van der Waals surface area contributed by atoms with Crippen molar-refractivity contribution in [3.63, 3.8) is 0 Å². The van der Waals surface area contributed by atoms with Crippen molar-refractivity contribution in [1.82, 2.24) is 12.3 Å². The number of rotatable bonds is 6. The Balaban J connectivity index is -0.000000845. The van der Waals surface area contributed by atoms with E-state index in [4.69, 9.17) is 10.2 Å². The predicted octanol–water partition coefficient (Wildman–Crippen LogP) is 1.13. The third kappa shape index (κ3) is 5.40. The fourth-order valence-corrected chi connectivity index (χ4v) is 1.73. The van der Waals surface area contributed by atoms with Gasteiger partial charge in [0.05, 0.1) is 11.8 Å². The molecule has 0 aliphatic carbocycles. The first-order valence-corrected chi connectivity index (χ1v) is 5.08. The Morgan fingerprint density at radius 1 is 1.00 bits per heavy atom. The van der Waals surface area contributed by atoms with Crippen LogP contribution in [-0.2, 0) is 9.59 Å². The highest BCUT2D eigenvalue weighted by molar-refractivity contribution is 7.80. The van der Waals surface area contributed by atoms with E-state index in [0.29, 0.717) is 0 Å². The Kier molecular flexibility index (Phi) is 12.3. The standard InChI is InChI=1S/C8H12O4S2.2H3N/c1-4(5(2-13)7(9)10)6(3-14)8(11)12;;/h5-6,13-14H,1-3H2,(H,9,10)(H,11,12);2*1H3. The minimum Gasteiger partial charge on any atom is -0.481 e. The highest BCUT2D eigenvalue weighted by Gasteiger charge is 2.29. The van der Waals surface area contributed by atoms with Crippen molar-refractivity contribution >= 4 is 37.2 Å². The van der Waals surface area contributed by atoms with E-state index in [1.54, 1.807) is 0 Å². The average Bonchev–Trinajstić information content (AvgIpc) is 2.04. The zero-order valence-electron chi connectivity index (χ0n) is 8.80. The number of hydrogen-bond donors (Lipinski definition) is 6. The summed E-state index contributed by atoms with van der Waals surface area (Å²) in [5.74, 6) is -4.04. The molecule has 0 amide bonds. The molecule has 2 atom stereocenters. The Bertz CT molecular complexity index is 236. The summed E-state index contributed by atoms with van der Waals surface area (Å²) in [5, 5.41) is 17.5. The van der Waals surface area contributed by atoms with Crippen LogP contribution in [0.5, 0.6) is 0 Å². The van der Waals surface area contributed by atoms with Gasteiger partial charge < -0.3 is 22.5 Å². The Hall–Kier alpha value is -0.700. The van der Waals surface area contributed by atoms with Gasteiger partial charge in [0, 0.05) is 11.5 Å². The Morgan fingerprint density at radius 3 is 1.38 bits per heavy atom. The minimum absolute atomic E-state index is 0. The lowest BCUT2D eigenvalue weighted by atomic mass is 9.91. The number of thiol groups is 2. The summed E-state index contributed by atoms with van der Waals surface area (Å²) in [4.78, 5) is 21.4. The van der Waals surface area contributed by atoms with Crippen molar-refractivity contribution < 1.29 is 19.8 Å². The molecule has 96 valence electrons. The number of aliphatic carboxylic acids is 2. The molecule has 0 aromatic heterocycles. The van der Waals surface area contributed by atoms with Crippen molar-refractivity contribution in [3.8, 4) is 0 Å². The van der Waals surface area contributed by atoms with Crippen molar-refractivity contribution in [2.24, 2.45) is 11.8 Å². The summed E-state index contributed by atoms with van der Waals surface area (Å²) in [5.41, 5.74) is 0.134. The monoisotopic (exact) mass is 270 g/mol. The summed E-state index contributed by atoms with van der Waals surface area (Å²) < 4.78 is 0. The van der Waals surface area contributed by atoms with Crippen LogP contribution in [0.2, 0.25) is 0 Å². The van der Waals surface area contributed by atoms with Gasteiger partial charge in [0.2, 0.25) is 0 Å². The first-order chi connectivity index (χ1) is 6.45. The molecule has 0 rings (SSSR count). The average molecular weight is 270 g/mol. The van der Waals surface area contributed by atoms with Crippen molar-refractivity contribution in [1.29, 1.82) is 0 Å². The highest BCUT2D eigenvalue weighted by Crippen LogP contribution is 2.21. The molecule has 16 heavy (non-hydrogen) atoms. The smallest absolute Gasteiger partial charge is 0.311 e. The maximum atomic E-state index is 10.7. The molecule has 0 fully saturated rings. The molecule has 0 heterocycles. The topological polar surface area (TPSA) is 145 Å². The van der Waals surface area contributed by atoms with Gasteiger partial charge >= 0.3 is 11.9 Å². The fourth-order valence-electron chi connectivity index (χ4n) is 0.951. The number of carboxylic acid groups (broad SMARTS) is 2. The number of hydrogen-bond acceptors (Lipinski definition) is 6. The Morgan fingerprint density at radius 2 is 1.25 bits per heavy atom. The molecule has 0 saturated heterocycles. The van der Waals surface area contributed by atoms with Crippen LogP contribution >= 0.6 is 25.3 Å². The zero-order chi connectivity index (χ0) is 11.3. The molecule has 0 saturated carbocycles. The second-order valence-corrected chi connectivity index (χ2v) is 3.45. The van der Waals surface area contributed by atoms with E-state index in [0.717, 1.165) is 0 Å². The first-order valence-electron chi connectivity index (χ1n) is 3.81. The summed E-state index contributed by atoms with van der Waals surface area (Å²) in [7, 11) is 0. The molecule has 8 heteroatoms. The molecule has 6 nitrogen and oxygen atoms in total. The van der Waals surface area contributed by atoms with E-state index >= 15 is 0 Å². The minimum atomic E-state index is -1.11. The van der Waals surface area contributed by atoms with Gasteiger partial charge in [-0.15, -0.1) is 0 Å². The maximum absolute atomic E-state index is 10.7. The van der Waals surface area contributed by atoms with Gasteiger partial charge in [0.1, 0.15) is 0 Å². The first kappa shape index (κ1) is 20.7. The Labute approximate surface area is 105 Å². The van der Waals surface area contributed by atoms with E-state index in [2.05, 4.69) is 31.8 Å². The van der Waals surface area contributed by atoms with Crippen LogP contribution in [0.1, 0.15) is 0 Å². The van der Waals surface area contributed by atoms with Gasteiger partial charge in [-0.3, -0.25) is 9.59 Å². The van der Waals surface area contributed by atoms with Crippen LogP contribution in [0.25, 0.3) is 0 Å².